The summed E-state index contributed by atoms with van der Waals surface area (Å²) >= 11 is 0. The predicted octanol–water partition coefficient (Wildman–Crippen LogP) is -0.502. The first-order valence-corrected chi connectivity index (χ1v) is 5.35. The molecule has 0 N–H and O–H groups in total. The minimum atomic E-state index is -3.40. The average molecular weight is 208 g/mol. The first-order valence-electron chi connectivity index (χ1n) is 3.77. The van der Waals surface area contributed by atoms with Gasteiger partial charge in [0.2, 0.25) is 0 Å². The zero-order chi connectivity index (χ0) is 9.47. The number of hydrogen-bond donors (Lipinski definition) is 0. The molecule has 2 saturated heterocycles. The third-order valence-electron chi connectivity index (χ3n) is 2.02. The van der Waals surface area contributed by atoms with Crippen LogP contribution in [0.1, 0.15) is 0 Å². The summed E-state index contributed by atoms with van der Waals surface area (Å²) in [5.41, 5.74) is 0. The van der Waals surface area contributed by atoms with E-state index in [1.54, 1.807) is 0 Å². The van der Waals surface area contributed by atoms with Gasteiger partial charge >= 0.3 is 6.16 Å². The van der Waals surface area contributed by atoms with Gasteiger partial charge in [0.15, 0.2) is 0 Å². The van der Waals surface area contributed by atoms with Gasteiger partial charge in [-0.05, 0) is 0 Å². The number of cyclic esters (lactones) is 2. The lowest BCUT2D eigenvalue weighted by atomic mass is 10.1. The second-order valence-electron chi connectivity index (χ2n) is 2.99. The maximum Gasteiger partial charge on any atom is 0.508 e. The van der Waals surface area contributed by atoms with E-state index in [9.17, 15) is 13.2 Å². The quantitative estimate of drug-likeness (QED) is 0.427. The Bertz CT molecular complexity index is 320. The first kappa shape index (κ1) is 8.76. The monoisotopic (exact) mass is 208 g/mol. The normalized spacial score (nSPS) is 37.1. The molecule has 2 atom stereocenters. The Kier molecular flexibility index (Phi) is 1.92. The van der Waals surface area contributed by atoms with Crippen LogP contribution in [0, 0.1) is 5.92 Å². The molecule has 0 aromatic rings. The molecule has 7 heteroatoms. The van der Waals surface area contributed by atoms with Gasteiger partial charge in [0.25, 0.3) is 10.1 Å². The van der Waals surface area contributed by atoms with Crippen LogP contribution in [0.5, 0.6) is 0 Å². The van der Waals surface area contributed by atoms with Gasteiger partial charge in [0.1, 0.15) is 12.7 Å². The highest BCUT2D eigenvalue weighted by Gasteiger charge is 2.40. The van der Waals surface area contributed by atoms with Gasteiger partial charge in [-0.1, -0.05) is 0 Å². The minimum Gasteiger partial charge on any atom is -0.430 e. The van der Waals surface area contributed by atoms with Crippen LogP contribution in [0.3, 0.4) is 0 Å². The lowest BCUT2D eigenvalue weighted by molar-refractivity contribution is 0.0961. The largest absolute Gasteiger partial charge is 0.508 e. The van der Waals surface area contributed by atoms with E-state index in [1.165, 1.54) is 0 Å². The standard InChI is InChI=1S/C6H8O6S/c7-6-10-2-5(12-6)4-1-11-13(8,9)3-4/h4-5H,1-3H2/t4?,5-/m1/s1. The Hall–Kier alpha value is -0.820. The number of rotatable bonds is 1. The molecule has 1 unspecified atom stereocenters. The molecule has 2 heterocycles. The van der Waals surface area contributed by atoms with Crippen LogP contribution in [-0.2, 0) is 23.8 Å². The van der Waals surface area contributed by atoms with Gasteiger partial charge < -0.3 is 9.47 Å². The van der Waals surface area contributed by atoms with Crippen LogP contribution in [0.4, 0.5) is 4.79 Å². The van der Waals surface area contributed by atoms with Gasteiger partial charge in [0.05, 0.1) is 12.4 Å². The Morgan fingerprint density at radius 2 is 2.08 bits per heavy atom. The molecule has 2 rings (SSSR count). The summed E-state index contributed by atoms with van der Waals surface area (Å²) in [6, 6.07) is 0. The maximum absolute atomic E-state index is 10.9. The van der Waals surface area contributed by atoms with E-state index in [2.05, 4.69) is 8.92 Å². The lowest BCUT2D eigenvalue weighted by Gasteiger charge is -2.09. The lowest BCUT2D eigenvalue weighted by Crippen LogP contribution is -2.25. The fraction of sp³-hybridized carbons (Fsp3) is 0.833. The molecule has 0 bridgehead atoms. The van der Waals surface area contributed by atoms with E-state index in [0.717, 1.165) is 0 Å². The van der Waals surface area contributed by atoms with Gasteiger partial charge in [0, 0.05) is 5.92 Å². The van der Waals surface area contributed by atoms with Crippen molar-refractivity contribution in [3.05, 3.63) is 0 Å². The fourth-order valence-corrected chi connectivity index (χ4v) is 2.65. The maximum atomic E-state index is 10.9. The summed E-state index contributed by atoms with van der Waals surface area (Å²) in [6.45, 7) is 0.187. The number of carbonyl (C=O) groups is 1. The topological polar surface area (TPSA) is 78.9 Å². The summed E-state index contributed by atoms with van der Waals surface area (Å²) < 4.78 is 35.5. The Morgan fingerprint density at radius 1 is 1.31 bits per heavy atom. The van der Waals surface area contributed by atoms with E-state index in [0.29, 0.717) is 0 Å². The van der Waals surface area contributed by atoms with Gasteiger partial charge in [-0.25, -0.2) is 4.79 Å². The predicted molar refractivity (Wildman–Crippen MR) is 39.4 cm³/mol. The molecule has 0 amide bonds. The van der Waals surface area contributed by atoms with Crippen molar-refractivity contribution < 1.29 is 26.9 Å². The molecule has 74 valence electrons. The third kappa shape index (κ3) is 1.75. The van der Waals surface area contributed by atoms with E-state index < -0.39 is 22.4 Å². The molecular weight excluding hydrogens is 200 g/mol. The number of ether oxygens (including phenoxy) is 2. The van der Waals surface area contributed by atoms with Crippen LogP contribution in [0.2, 0.25) is 0 Å². The second-order valence-corrected chi connectivity index (χ2v) is 4.67. The summed E-state index contributed by atoms with van der Waals surface area (Å²) in [4.78, 5) is 10.5. The molecule has 6 nitrogen and oxygen atoms in total. The summed E-state index contributed by atoms with van der Waals surface area (Å²) in [7, 11) is -3.40. The Labute approximate surface area is 74.9 Å². The van der Waals surface area contributed by atoms with Crippen molar-refractivity contribution in [3.8, 4) is 0 Å². The SMILES string of the molecule is O=C1OC[C@H](C2COS(=O)(=O)C2)O1. The molecule has 0 saturated carbocycles. The van der Waals surface area contributed by atoms with E-state index in [4.69, 9.17) is 4.74 Å². The van der Waals surface area contributed by atoms with Crippen molar-refractivity contribution in [3.63, 3.8) is 0 Å². The van der Waals surface area contributed by atoms with Gasteiger partial charge in [-0.15, -0.1) is 0 Å². The van der Waals surface area contributed by atoms with Gasteiger partial charge in [-0.2, -0.15) is 8.42 Å². The van der Waals surface area contributed by atoms with E-state index in [1.807, 2.05) is 0 Å². The van der Waals surface area contributed by atoms with Crippen LogP contribution < -0.4 is 0 Å². The highest BCUT2D eigenvalue weighted by molar-refractivity contribution is 7.86. The van der Waals surface area contributed by atoms with Crippen molar-refractivity contribution in [2.75, 3.05) is 19.0 Å². The Morgan fingerprint density at radius 3 is 2.54 bits per heavy atom. The molecule has 13 heavy (non-hydrogen) atoms. The highest BCUT2D eigenvalue weighted by Crippen LogP contribution is 2.23. The summed E-state index contributed by atoms with van der Waals surface area (Å²) in [5.74, 6) is -0.398. The molecule has 0 aromatic heterocycles. The van der Waals surface area contributed by atoms with Crippen molar-refractivity contribution in [1.82, 2.24) is 0 Å². The smallest absolute Gasteiger partial charge is 0.430 e. The van der Waals surface area contributed by atoms with Crippen molar-refractivity contribution >= 4 is 16.3 Å². The molecular formula is C6H8O6S. The summed E-state index contributed by atoms with van der Waals surface area (Å²) in [5, 5.41) is 0. The zero-order valence-corrected chi connectivity index (χ0v) is 7.45. The molecule has 0 aliphatic carbocycles. The van der Waals surface area contributed by atoms with Crippen molar-refractivity contribution in [1.29, 1.82) is 0 Å². The van der Waals surface area contributed by atoms with Crippen LogP contribution in [-0.4, -0.2) is 39.6 Å². The average Bonchev–Trinajstić information content (AvgIpc) is 2.56. The van der Waals surface area contributed by atoms with Crippen molar-refractivity contribution in [2.45, 2.75) is 6.10 Å². The van der Waals surface area contributed by atoms with Crippen LogP contribution in [0.15, 0.2) is 0 Å². The van der Waals surface area contributed by atoms with Crippen molar-refractivity contribution in [2.24, 2.45) is 5.92 Å². The third-order valence-corrected chi connectivity index (χ3v) is 3.35. The fourth-order valence-electron chi connectivity index (χ4n) is 1.34. The zero-order valence-electron chi connectivity index (χ0n) is 6.63. The minimum absolute atomic E-state index is 0.0731. The molecule has 0 spiro atoms. The molecule has 2 fully saturated rings. The summed E-state index contributed by atoms with van der Waals surface area (Å²) in [6.07, 6.45) is -1.22. The number of carbonyl (C=O) groups excluding carboxylic acids is 1. The molecule has 0 aromatic carbocycles. The Balaban J connectivity index is 2.00. The molecule has 0 radical (unpaired) electrons. The molecule has 2 aliphatic rings. The number of hydrogen-bond acceptors (Lipinski definition) is 6. The van der Waals surface area contributed by atoms with E-state index in [-0.39, 0.29) is 24.9 Å². The highest BCUT2D eigenvalue weighted by atomic mass is 32.2. The van der Waals surface area contributed by atoms with Crippen LogP contribution in [0.25, 0.3) is 0 Å². The van der Waals surface area contributed by atoms with E-state index >= 15 is 0 Å². The first-order chi connectivity index (χ1) is 6.07. The molecule has 2 aliphatic heterocycles. The van der Waals surface area contributed by atoms with Crippen LogP contribution >= 0.6 is 0 Å². The second kappa shape index (κ2) is 2.85. The van der Waals surface area contributed by atoms with Gasteiger partial charge in [-0.3, -0.25) is 4.18 Å².